The smallest absolute Gasteiger partial charge is 0.0555 e. The number of benzene rings is 5. The molecule has 7 rings (SSSR count). The maximum atomic E-state index is 2.41. The average Bonchev–Trinajstić information content (AvgIpc) is 3.40. The van der Waals surface area contributed by atoms with Gasteiger partial charge in [0, 0.05) is 36.6 Å². The molecule has 2 heteroatoms. The van der Waals surface area contributed by atoms with Crippen LogP contribution < -0.4 is 0 Å². The number of aromatic nitrogens is 1. The molecule has 0 aliphatic carbocycles. The molecule has 0 atom stereocenters. The lowest BCUT2D eigenvalue weighted by atomic mass is 10.1. The van der Waals surface area contributed by atoms with Crippen LogP contribution in [0.4, 0.5) is 0 Å². The lowest BCUT2D eigenvalue weighted by Gasteiger charge is -2.09. The Morgan fingerprint density at radius 2 is 1.16 bits per heavy atom. The predicted octanol–water partition coefficient (Wildman–Crippen LogP) is 8.82. The first-order valence-electron chi connectivity index (χ1n) is 10.9. The van der Waals surface area contributed by atoms with Crippen LogP contribution in [-0.2, 0) is 0 Å². The van der Waals surface area contributed by atoms with Crippen molar-refractivity contribution in [2.45, 2.75) is 0 Å². The Morgan fingerprint density at radius 3 is 2.00 bits per heavy atom. The summed E-state index contributed by atoms with van der Waals surface area (Å²) in [7, 11) is 0. The number of nitrogens with zero attached hydrogens (tertiary/aromatic N) is 1. The molecule has 150 valence electrons. The zero-order valence-electron chi connectivity index (χ0n) is 17.3. The summed E-state index contributed by atoms with van der Waals surface area (Å²) in [6, 6.07) is 41.6. The third-order valence-corrected chi connectivity index (χ3v) is 7.62. The molecule has 1 nitrogen and oxygen atoms in total. The molecule has 0 radical (unpaired) electrons. The fourth-order valence-electron chi connectivity index (χ4n) is 4.95. The lowest BCUT2D eigenvalue weighted by molar-refractivity contribution is 1.18. The SMILES string of the molecule is c1ccc(-c2ccc(-n3c4ccccc4c4c5sc6ccccc6c5ccc43)cc2)cc1. The molecule has 0 spiro atoms. The Hall–Kier alpha value is -3.88. The van der Waals surface area contributed by atoms with Crippen molar-refractivity contribution in [1.29, 1.82) is 0 Å². The molecule has 0 saturated heterocycles. The van der Waals surface area contributed by atoms with Gasteiger partial charge in [-0.25, -0.2) is 0 Å². The van der Waals surface area contributed by atoms with Crippen LogP contribution in [0.1, 0.15) is 0 Å². The molecule has 0 amide bonds. The molecule has 7 aromatic rings. The predicted molar refractivity (Wildman–Crippen MR) is 139 cm³/mol. The van der Waals surface area contributed by atoms with Crippen LogP contribution in [0.15, 0.2) is 115 Å². The molecular weight excluding hydrogens is 406 g/mol. The molecule has 0 aliphatic heterocycles. The van der Waals surface area contributed by atoms with E-state index in [1.807, 2.05) is 11.3 Å². The Balaban J connectivity index is 1.53. The molecular formula is C30H19NS. The van der Waals surface area contributed by atoms with Crippen LogP contribution in [0.5, 0.6) is 0 Å². The maximum absolute atomic E-state index is 2.41. The van der Waals surface area contributed by atoms with Crippen molar-refractivity contribution in [1.82, 2.24) is 4.57 Å². The normalized spacial score (nSPS) is 11.8. The molecule has 0 aliphatic rings. The first-order valence-corrected chi connectivity index (χ1v) is 11.7. The van der Waals surface area contributed by atoms with E-state index in [1.54, 1.807) is 0 Å². The summed E-state index contributed by atoms with van der Waals surface area (Å²) in [5, 5.41) is 5.36. The van der Waals surface area contributed by atoms with Crippen LogP contribution >= 0.6 is 11.3 Å². The Bertz CT molecular complexity index is 1750. The molecule has 0 saturated carbocycles. The van der Waals surface area contributed by atoms with Gasteiger partial charge in [-0.1, -0.05) is 84.9 Å². The van der Waals surface area contributed by atoms with Crippen molar-refractivity contribution in [3.05, 3.63) is 115 Å². The van der Waals surface area contributed by atoms with Gasteiger partial charge in [-0.2, -0.15) is 0 Å². The third-order valence-electron chi connectivity index (χ3n) is 6.41. The van der Waals surface area contributed by atoms with E-state index >= 15 is 0 Å². The topological polar surface area (TPSA) is 4.93 Å². The monoisotopic (exact) mass is 425 g/mol. The average molecular weight is 426 g/mol. The molecule has 2 aromatic heterocycles. The highest BCUT2D eigenvalue weighted by Crippen LogP contribution is 2.43. The van der Waals surface area contributed by atoms with Gasteiger partial charge >= 0.3 is 0 Å². The van der Waals surface area contributed by atoms with Gasteiger partial charge in [-0.15, -0.1) is 11.3 Å². The van der Waals surface area contributed by atoms with E-state index in [9.17, 15) is 0 Å². The molecule has 0 fully saturated rings. The second-order valence-electron chi connectivity index (χ2n) is 8.20. The molecule has 0 bridgehead atoms. The summed E-state index contributed by atoms with van der Waals surface area (Å²) in [6.45, 7) is 0. The highest BCUT2D eigenvalue weighted by molar-refractivity contribution is 7.26. The van der Waals surface area contributed by atoms with Crippen LogP contribution in [0.3, 0.4) is 0 Å². The van der Waals surface area contributed by atoms with E-state index in [1.165, 1.54) is 58.8 Å². The summed E-state index contributed by atoms with van der Waals surface area (Å²) in [6.07, 6.45) is 0. The van der Waals surface area contributed by atoms with Crippen molar-refractivity contribution in [2.75, 3.05) is 0 Å². The quantitative estimate of drug-likeness (QED) is 0.261. The zero-order valence-corrected chi connectivity index (χ0v) is 18.1. The summed E-state index contributed by atoms with van der Waals surface area (Å²) < 4.78 is 5.13. The molecule has 5 aromatic carbocycles. The van der Waals surface area contributed by atoms with Crippen molar-refractivity contribution in [3.8, 4) is 16.8 Å². The molecule has 0 N–H and O–H groups in total. The Morgan fingerprint density at radius 1 is 0.469 bits per heavy atom. The minimum atomic E-state index is 1.19. The molecule has 2 heterocycles. The van der Waals surface area contributed by atoms with E-state index in [0.29, 0.717) is 0 Å². The van der Waals surface area contributed by atoms with Crippen molar-refractivity contribution in [3.63, 3.8) is 0 Å². The van der Waals surface area contributed by atoms with E-state index in [0.717, 1.165) is 0 Å². The van der Waals surface area contributed by atoms with Crippen molar-refractivity contribution >= 4 is 53.3 Å². The number of fused-ring (bicyclic) bond motifs is 7. The fraction of sp³-hybridized carbons (Fsp3) is 0. The fourth-order valence-corrected chi connectivity index (χ4v) is 6.21. The summed E-state index contributed by atoms with van der Waals surface area (Å²) in [5.41, 5.74) is 6.18. The van der Waals surface area contributed by atoms with Gasteiger partial charge in [-0.3, -0.25) is 0 Å². The standard InChI is InChI=1S/C30H19NS/c1-2-8-20(9-3-1)21-14-16-22(17-15-21)31-26-12-6-4-11-25(26)29-27(31)19-18-24-23-10-5-7-13-28(23)32-30(24)29/h1-19H. The number of hydrogen-bond donors (Lipinski definition) is 0. The highest BCUT2D eigenvalue weighted by atomic mass is 32.1. The van der Waals surface area contributed by atoms with Crippen LogP contribution in [-0.4, -0.2) is 4.57 Å². The summed E-state index contributed by atoms with van der Waals surface area (Å²) in [4.78, 5) is 0. The van der Waals surface area contributed by atoms with E-state index < -0.39 is 0 Å². The van der Waals surface area contributed by atoms with Gasteiger partial charge in [0.25, 0.3) is 0 Å². The first kappa shape index (κ1) is 17.8. The minimum Gasteiger partial charge on any atom is -0.309 e. The van der Waals surface area contributed by atoms with Crippen LogP contribution in [0.25, 0.3) is 58.8 Å². The zero-order chi connectivity index (χ0) is 21.1. The van der Waals surface area contributed by atoms with Gasteiger partial charge < -0.3 is 4.57 Å². The van der Waals surface area contributed by atoms with E-state index in [2.05, 4.69) is 120 Å². The first-order chi connectivity index (χ1) is 15.9. The van der Waals surface area contributed by atoms with Crippen molar-refractivity contribution in [2.24, 2.45) is 0 Å². The van der Waals surface area contributed by atoms with Gasteiger partial charge in [0.15, 0.2) is 0 Å². The van der Waals surface area contributed by atoms with Crippen LogP contribution in [0.2, 0.25) is 0 Å². The van der Waals surface area contributed by atoms with Gasteiger partial charge in [0.05, 0.1) is 11.0 Å². The summed E-state index contributed by atoms with van der Waals surface area (Å²) >= 11 is 1.90. The van der Waals surface area contributed by atoms with Gasteiger partial charge in [-0.05, 0) is 41.5 Å². The minimum absolute atomic E-state index is 1.19. The number of hydrogen-bond acceptors (Lipinski definition) is 1. The van der Waals surface area contributed by atoms with E-state index in [4.69, 9.17) is 0 Å². The van der Waals surface area contributed by atoms with E-state index in [-0.39, 0.29) is 0 Å². The molecule has 0 unspecified atom stereocenters. The largest absolute Gasteiger partial charge is 0.309 e. The Labute approximate surface area is 189 Å². The van der Waals surface area contributed by atoms with Crippen molar-refractivity contribution < 1.29 is 0 Å². The third kappa shape index (κ3) is 2.50. The molecule has 32 heavy (non-hydrogen) atoms. The summed E-state index contributed by atoms with van der Waals surface area (Å²) in [5.74, 6) is 0. The van der Waals surface area contributed by atoms with Gasteiger partial charge in [0.1, 0.15) is 0 Å². The maximum Gasteiger partial charge on any atom is 0.0555 e. The second-order valence-corrected chi connectivity index (χ2v) is 9.25. The number of rotatable bonds is 2. The highest BCUT2D eigenvalue weighted by Gasteiger charge is 2.17. The van der Waals surface area contributed by atoms with Gasteiger partial charge in [0.2, 0.25) is 0 Å². The second kappa shape index (κ2) is 6.81. The Kier molecular flexibility index (Phi) is 3.78. The van der Waals surface area contributed by atoms with Crippen LogP contribution in [0, 0.1) is 0 Å². The number of para-hydroxylation sites is 1. The lowest BCUT2D eigenvalue weighted by Crippen LogP contribution is -1.93. The number of thiophene rings is 1.